The minimum absolute atomic E-state index is 0.117. The number of amides is 2. The number of hydrogen-bond donors (Lipinski definition) is 1. The molecular formula is C10H16N2O5. The molecule has 2 N–H and O–H groups in total. The van der Waals surface area contributed by atoms with Gasteiger partial charge in [-0.1, -0.05) is 0 Å². The molecule has 0 spiro atoms. The van der Waals surface area contributed by atoms with Crippen LogP contribution in [0, 0.1) is 0 Å². The number of carbonyl (C=O) groups excluding carboxylic acids is 3. The number of aliphatic carboxylic acids is 1. The maximum absolute atomic E-state index is 10.7. The van der Waals surface area contributed by atoms with Crippen molar-refractivity contribution in [2.75, 3.05) is 32.8 Å². The number of carbonyl (C=O) groups is 3. The second-order valence-electron chi connectivity index (χ2n) is 3.72. The first-order chi connectivity index (χ1) is 8.11. The Hall–Kier alpha value is -1.47. The highest BCUT2D eigenvalue weighted by Crippen LogP contribution is 2.09. The molecule has 7 nitrogen and oxygen atoms in total. The second-order valence-corrected chi connectivity index (χ2v) is 3.72. The summed E-state index contributed by atoms with van der Waals surface area (Å²) in [5, 5.41) is 12.3. The number of nitrogens with two attached hydrogens (primary N) is 1. The average molecular weight is 244 g/mol. The van der Waals surface area contributed by atoms with Crippen LogP contribution in [0.5, 0.6) is 0 Å². The molecule has 0 aromatic carbocycles. The monoisotopic (exact) mass is 244 g/mol. The summed E-state index contributed by atoms with van der Waals surface area (Å²) in [4.78, 5) is 32.2. The average Bonchev–Trinajstić information content (AvgIpc) is 2.63. The molecule has 2 aliphatic rings. The molecule has 0 atom stereocenters. The van der Waals surface area contributed by atoms with Crippen LogP contribution < -0.4 is 10.4 Å². The highest BCUT2D eigenvalue weighted by Gasteiger charge is 2.28. The minimum atomic E-state index is -1.41. The number of imide groups is 1. The number of morpholine rings is 1. The molecule has 0 unspecified atom stereocenters. The van der Waals surface area contributed by atoms with Gasteiger partial charge in [-0.3, -0.25) is 14.5 Å². The lowest BCUT2D eigenvalue weighted by Gasteiger charge is -2.13. The molecule has 2 heterocycles. The van der Waals surface area contributed by atoms with E-state index in [1.807, 2.05) is 0 Å². The van der Waals surface area contributed by atoms with Crippen molar-refractivity contribution in [1.82, 2.24) is 4.90 Å². The van der Waals surface area contributed by atoms with Crippen LogP contribution in [0.1, 0.15) is 12.8 Å². The molecule has 0 bridgehead atoms. The molecule has 2 aliphatic heterocycles. The van der Waals surface area contributed by atoms with E-state index in [1.165, 1.54) is 0 Å². The smallest absolute Gasteiger partial charge is 0.230 e. The Morgan fingerprint density at radius 1 is 1.24 bits per heavy atom. The van der Waals surface area contributed by atoms with Crippen molar-refractivity contribution in [1.29, 1.82) is 0 Å². The van der Waals surface area contributed by atoms with Gasteiger partial charge in [-0.2, -0.15) is 0 Å². The summed E-state index contributed by atoms with van der Waals surface area (Å²) in [5.41, 5.74) is 0. The van der Waals surface area contributed by atoms with E-state index in [-0.39, 0.29) is 12.8 Å². The van der Waals surface area contributed by atoms with Gasteiger partial charge in [0.2, 0.25) is 11.8 Å². The van der Waals surface area contributed by atoms with Gasteiger partial charge in [0.25, 0.3) is 0 Å². The van der Waals surface area contributed by atoms with E-state index in [0.717, 1.165) is 26.3 Å². The van der Waals surface area contributed by atoms with E-state index in [9.17, 15) is 19.5 Å². The fourth-order valence-corrected chi connectivity index (χ4v) is 1.51. The topological polar surface area (TPSA) is 103 Å². The predicted octanol–water partition coefficient (Wildman–Crippen LogP) is -3.53. The van der Waals surface area contributed by atoms with Crippen LogP contribution in [0.4, 0.5) is 0 Å². The van der Waals surface area contributed by atoms with E-state index >= 15 is 0 Å². The molecule has 2 saturated heterocycles. The zero-order valence-corrected chi connectivity index (χ0v) is 9.52. The van der Waals surface area contributed by atoms with Gasteiger partial charge in [0, 0.05) is 12.8 Å². The van der Waals surface area contributed by atoms with Crippen LogP contribution in [0.25, 0.3) is 0 Å². The zero-order valence-electron chi connectivity index (χ0n) is 9.52. The lowest BCUT2D eigenvalue weighted by atomic mass is 10.4. The summed E-state index contributed by atoms with van der Waals surface area (Å²) in [6, 6.07) is 0. The molecule has 96 valence electrons. The van der Waals surface area contributed by atoms with Crippen LogP contribution >= 0.6 is 0 Å². The largest absolute Gasteiger partial charge is 0.548 e. The van der Waals surface area contributed by atoms with Gasteiger partial charge in [0.15, 0.2) is 0 Å². The Morgan fingerprint density at radius 3 is 2.06 bits per heavy atom. The SMILES string of the molecule is C1COCC[NH2+]1.O=C([O-])CN1C(=O)CCC1=O. The van der Waals surface area contributed by atoms with E-state index in [2.05, 4.69) is 5.32 Å². The Labute approximate surface area is 98.7 Å². The molecule has 2 rings (SSSR count). The molecule has 7 heteroatoms. The standard InChI is InChI=1S/C6H7NO4.C4H9NO/c8-4-1-2-5(9)7(4)3-6(10)11;1-3-6-4-2-5-1/h1-3H2,(H,10,11);5H,1-4H2. The fourth-order valence-electron chi connectivity index (χ4n) is 1.51. The number of carboxylic acids is 1. The third kappa shape index (κ3) is 4.92. The summed E-state index contributed by atoms with van der Waals surface area (Å²) >= 11 is 0. The van der Waals surface area contributed by atoms with Gasteiger partial charge in [-0.05, 0) is 0 Å². The van der Waals surface area contributed by atoms with Crippen molar-refractivity contribution in [3.8, 4) is 0 Å². The Balaban J connectivity index is 0.000000202. The number of hydrogen-bond acceptors (Lipinski definition) is 5. The predicted molar refractivity (Wildman–Crippen MR) is 53.4 cm³/mol. The molecule has 0 saturated carbocycles. The number of ether oxygens (including phenoxy) is 1. The number of rotatable bonds is 2. The maximum atomic E-state index is 10.7. The maximum Gasteiger partial charge on any atom is 0.230 e. The molecule has 17 heavy (non-hydrogen) atoms. The molecule has 2 amide bonds. The van der Waals surface area contributed by atoms with Crippen LogP contribution in [-0.2, 0) is 19.1 Å². The quantitative estimate of drug-likeness (QED) is 0.507. The highest BCUT2D eigenvalue weighted by atomic mass is 16.5. The van der Waals surface area contributed by atoms with Crippen molar-refractivity contribution >= 4 is 17.8 Å². The van der Waals surface area contributed by atoms with Crippen molar-refractivity contribution in [2.45, 2.75) is 12.8 Å². The zero-order chi connectivity index (χ0) is 12.7. The second kappa shape index (κ2) is 6.97. The van der Waals surface area contributed by atoms with E-state index in [4.69, 9.17) is 4.74 Å². The van der Waals surface area contributed by atoms with Crippen LogP contribution in [-0.4, -0.2) is 55.5 Å². The van der Waals surface area contributed by atoms with Gasteiger partial charge in [0.05, 0.1) is 38.8 Å². The summed E-state index contributed by atoms with van der Waals surface area (Å²) in [6.07, 6.45) is 0.234. The van der Waals surface area contributed by atoms with Crippen molar-refractivity contribution in [3.05, 3.63) is 0 Å². The van der Waals surface area contributed by atoms with Crippen LogP contribution in [0.15, 0.2) is 0 Å². The molecule has 0 aromatic rings. The molecule has 0 aliphatic carbocycles. The van der Waals surface area contributed by atoms with Gasteiger partial charge in [-0.25, -0.2) is 0 Å². The summed E-state index contributed by atoms with van der Waals surface area (Å²) in [7, 11) is 0. The number of quaternary nitrogens is 1. The Kier molecular flexibility index (Phi) is 5.58. The van der Waals surface area contributed by atoms with Crippen molar-refractivity contribution < 1.29 is 29.5 Å². The van der Waals surface area contributed by atoms with Gasteiger partial charge >= 0.3 is 0 Å². The molecule has 0 radical (unpaired) electrons. The Bertz CT molecular complexity index is 274. The first-order valence-corrected chi connectivity index (χ1v) is 5.53. The Morgan fingerprint density at radius 2 is 1.76 bits per heavy atom. The minimum Gasteiger partial charge on any atom is -0.548 e. The van der Waals surface area contributed by atoms with Crippen LogP contribution in [0.3, 0.4) is 0 Å². The first-order valence-electron chi connectivity index (χ1n) is 5.53. The number of carboxylic acid groups (broad SMARTS) is 1. The van der Waals surface area contributed by atoms with E-state index < -0.39 is 24.3 Å². The third-order valence-electron chi connectivity index (χ3n) is 2.37. The normalized spacial score (nSPS) is 19.9. The van der Waals surface area contributed by atoms with E-state index in [0.29, 0.717) is 4.90 Å². The molecule has 0 aromatic heterocycles. The van der Waals surface area contributed by atoms with Crippen molar-refractivity contribution in [2.24, 2.45) is 0 Å². The summed E-state index contributed by atoms with van der Waals surface area (Å²) in [5.74, 6) is -2.27. The summed E-state index contributed by atoms with van der Waals surface area (Å²) in [6.45, 7) is 3.58. The lowest BCUT2D eigenvalue weighted by molar-refractivity contribution is -0.670. The molecular weight excluding hydrogens is 228 g/mol. The van der Waals surface area contributed by atoms with Gasteiger partial charge < -0.3 is 20.0 Å². The number of nitrogens with zero attached hydrogens (tertiary/aromatic N) is 1. The summed E-state index contributed by atoms with van der Waals surface area (Å²) < 4.78 is 5.04. The number of likely N-dealkylation sites (tertiary alicyclic amines) is 1. The third-order valence-corrected chi connectivity index (χ3v) is 2.37. The van der Waals surface area contributed by atoms with Crippen LogP contribution in [0.2, 0.25) is 0 Å². The molecule has 2 fully saturated rings. The highest BCUT2D eigenvalue weighted by molar-refractivity contribution is 6.03. The fraction of sp³-hybridized carbons (Fsp3) is 0.700. The van der Waals surface area contributed by atoms with E-state index in [1.54, 1.807) is 0 Å². The van der Waals surface area contributed by atoms with Crippen molar-refractivity contribution in [3.63, 3.8) is 0 Å². The van der Waals surface area contributed by atoms with Gasteiger partial charge in [0.1, 0.15) is 0 Å². The van der Waals surface area contributed by atoms with Gasteiger partial charge in [-0.15, -0.1) is 0 Å². The lowest BCUT2D eigenvalue weighted by Crippen LogP contribution is -2.87. The first kappa shape index (κ1) is 13.6.